The zero-order valence-corrected chi connectivity index (χ0v) is 9.98. The summed E-state index contributed by atoms with van der Waals surface area (Å²) in [6.07, 6.45) is 6.60. The van der Waals surface area contributed by atoms with E-state index in [4.69, 9.17) is 23.8 Å². The Bertz CT molecular complexity index is 357. The van der Waals surface area contributed by atoms with Crippen LogP contribution in [0.3, 0.4) is 0 Å². The molecule has 3 heteroatoms. The van der Waals surface area contributed by atoms with Crippen molar-refractivity contribution in [1.82, 2.24) is 0 Å². The van der Waals surface area contributed by atoms with Gasteiger partial charge in [0.2, 0.25) is 0 Å². The zero-order valence-electron chi connectivity index (χ0n) is 7.63. The molecule has 1 unspecified atom stereocenters. The molecular formula is C11H11BrClN. The third-order valence-electron chi connectivity index (χ3n) is 1.98. The number of hydrogen-bond acceptors (Lipinski definition) is 1. The van der Waals surface area contributed by atoms with E-state index in [0.717, 1.165) is 16.5 Å². The van der Waals surface area contributed by atoms with Crippen molar-refractivity contribution in [1.29, 1.82) is 0 Å². The van der Waals surface area contributed by atoms with Gasteiger partial charge in [0.1, 0.15) is 0 Å². The topological polar surface area (TPSA) is 26.0 Å². The first-order chi connectivity index (χ1) is 6.66. The molecule has 1 atom stereocenters. The van der Waals surface area contributed by atoms with Crippen molar-refractivity contribution in [3.05, 3.63) is 33.3 Å². The van der Waals surface area contributed by atoms with Gasteiger partial charge in [-0.2, -0.15) is 0 Å². The SMILES string of the molecule is C#CCCC(N)c1cccc(Br)c1Cl. The second-order valence-electron chi connectivity index (χ2n) is 2.99. The second-order valence-corrected chi connectivity index (χ2v) is 4.22. The molecule has 0 fully saturated rings. The molecule has 0 amide bonds. The van der Waals surface area contributed by atoms with Crippen LogP contribution >= 0.6 is 27.5 Å². The van der Waals surface area contributed by atoms with E-state index in [0.29, 0.717) is 11.4 Å². The van der Waals surface area contributed by atoms with E-state index < -0.39 is 0 Å². The maximum Gasteiger partial charge on any atom is 0.0595 e. The maximum atomic E-state index is 6.09. The van der Waals surface area contributed by atoms with Gasteiger partial charge in [0.25, 0.3) is 0 Å². The van der Waals surface area contributed by atoms with Gasteiger partial charge >= 0.3 is 0 Å². The van der Waals surface area contributed by atoms with Crippen LogP contribution < -0.4 is 5.73 Å². The van der Waals surface area contributed by atoms with Crippen LogP contribution in [-0.4, -0.2) is 0 Å². The molecule has 0 heterocycles. The number of terminal acetylenes is 1. The molecular weight excluding hydrogens is 261 g/mol. The molecule has 0 aliphatic rings. The van der Waals surface area contributed by atoms with Gasteiger partial charge in [-0.05, 0) is 34.0 Å². The van der Waals surface area contributed by atoms with Crippen LogP contribution in [-0.2, 0) is 0 Å². The molecule has 14 heavy (non-hydrogen) atoms. The van der Waals surface area contributed by atoms with Crippen LogP contribution in [0.25, 0.3) is 0 Å². The Balaban J connectivity index is 2.85. The fourth-order valence-corrected chi connectivity index (χ4v) is 1.85. The molecule has 0 aromatic heterocycles. The van der Waals surface area contributed by atoms with Gasteiger partial charge in [0.15, 0.2) is 0 Å². The average Bonchev–Trinajstić information content (AvgIpc) is 2.18. The Morgan fingerprint density at radius 2 is 2.29 bits per heavy atom. The van der Waals surface area contributed by atoms with Crippen LogP contribution in [0.15, 0.2) is 22.7 Å². The van der Waals surface area contributed by atoms with Gasteiger partial charge in [-0.15, -0.1) is 12.3 Å². The van der Waals surface area contributed by atoms with E-state index in [1.165, 1.54) is 0 Å². The molecule has 0 bridgehead atoms. The van der Waals surface area contributed by atoms with E-state index >= 15 is 0 Å². The van der Waals surface area contributed by atoms with Crippen molar-refractivity contribution in [2.75, 3.05) is 0 Å². The molecule has 0 aliphatic carbocycles. The quantitative estimate of drug-likeness (QED) is 0.837. The minimum atomic E-state index is -0.0870. The normalized spacial score (nSPS) is 12.1. The van der Waals surface area contributed by atoms with Crippen LogP contribution in [0.1, 0.15) is 24.4 Å². The largest absolute Gasteiger partial charge is 0.324 e. The zero-order chi connectivity index (χ0) is 10.6. The first-order valence-corrected chi connectivity index (χ1v) is 5.47. The van der Waals surface area contributed by atoms with E-state index in [-0.39, 0.29) is 6.04 Å². The minimum absolute atomic E-state index is 0.0870. The fourth-order valence-electron chi connectivity index (χ4n) is 1.20. The van der Waals surface area contributed by atoms with Crippen LogP contribution in [0.4, 0.5) is 0 Å². The lowest BCUT2D eigenvalue weighted by Gasteiger charge is -2.12. The highest BCUT2D eigenvalue weighted by atomic mass is 79.9. The lowest BCUT2D eigenvalue weighted by atomic mass is 10.0. The lowest BCUT2D eigenvalue weighted by molar-refractivity contribution is 0.668. The molecule has 2 N–H and O–H groups in total. The molecule has 0 spiro atoms. The molecule has 1 aromatic carbocycles. The summed E-state index contributed by atoms with van der Waals surface area (Å²) in [6, 6.07) is 5.64. The lowest BCUT2D eigenvalue weighted by Crippen LogP contribution is -2.10. The van der Waals surface area contributed by atoms with Gasteiger partial charge in [-0.1, -0.05) is 23.7 Å². The summed E-state index contributed by atoms with van der Waals surface area (Å²) in [5, 5.41) is 0.678. The Hall–Kier alpha value is -0.490. The number of hydrogen-bond donors (Lipinski definition) is 1. The summed E-state index contributed by atoms with van der Waals surface area (Å²) in [4.78, 5) is 0. The first kappa shape index (κ1) is 11.6. The van der Waals surface area contributed by atoms with E-state index in [1.54, 1.807) is 0 Å². The summed E-state index contributed by atoms with van der Waals surface area (Å²) in [5.74, 6) is 2.57. The summed E-state index contributed by atoms with van der Waals surface area (Å²) in [7, 11) is 0. The summed E-state index contributed by atoms with van der Waals surface area (Å²) in [5.41, 5.74) is 6.89. The third kappa shape index (κ3) is 2.75. The molecule has 1 aromatic rings. The maximum absolute atomic E-state index is 6.09. The smallest absolute Gasteiger partial charge is 0.0595 e. The Morgan fingerprint density at radius 1 is 1.57 bits per heavy atom. The predicted octanol–water partition coefficient (Wildman–Crippen LogP) is 3.52. The van der Waals surface area contributed by atoms with E-state index in [1.807, 2.05) is 18.2 Å². The van der Waals surface area contributed by atoms with Gasteiger partial charge < -0.3 is 5.73 Å². The van der Waals surface area contributed by atoms with E-state index in [9.17, 15) is 0 Å². The summed E-state index contributed by atoms with van der Waals surface area (Å²) >= 11 is 9.44. The van der Waals surface area contributed by atoms with Crippen molar-refractivity contribution in [3.63, 3.8) is 0 Å². The van der Waals surface area contributed by atoms with Gasteiger partial charge in [0.05, 0.1) is 5.02 Å². The molecule has 0 saturated heterocycles. The molecule has 0 aliphatic heterocycles. The number of halogens is 2. The minimum Gasteiger partial charge on any atom is -0.324 e. The Morgan fingerprint density at radius 3 is 2.93 bits per heavy atom. The second kappa shape index (κ2) is 5.41. The van der Waals surface area contributed by atoms with Crippen molar-refractivity contribution < 1.29 is 0 Å². The number of nitrogens with two attached hydrogens (primary N) is 1. The van der Waals surface area contributed by atoms with E-state index in [2.05, 4.69) is 21.9 Å². The van der Waals surface area contributed by atoms with Gasteiger partial charge in [0, 0.05) is 16.9 Å². The monoisotopic (exact) mass is 271 g/mol. The number of rotatable bonds is 3. The molecule has 74 valence electrons. The Labute approximate surface area is 97.8 Å². The molecule has 0 radical (unpaired) electrons. The van der Waals surface area contributed by atoms with Crippen molar-refractivity contribution in [2.45, 2.75) is 18.9 Å². The highest BCUT2D eigenvalue weighted by Crippen LogP contribution is 2.30. The molecule has 0 saturated carbocycles. The van der Waals surface area contributed by atoms with Crippen molar-refractivity contribution >= 4 is 27.5 Å². The predicted molar refractivity (Wildman–Crippen MR) is 64.1 cm³/mol. The van der Waals surface area contributed by atoms with Crippen LogP contribution in [0.5, 0.6) is 0 Å². The highest BCUT2D eigenvalue weighted by Gasteiger charge is 2.10. The summed E-state index contributed by atoms with van der Waals surface area (Å²) in [6.45, 7) is 0. The standard InChI is InChI=1S/C11H11BrClN/c1-2-3-7-10(14)8-5-4-6-9(12)11(8)13/h1,4-6,10H,3,7,14H2. The highest BCUT2D eigenvalue weighted by molar-refractivity contribution is 9.10. The molecule has 1 rings (SSSR count). The first-order valence-electron chi connectivity index (χ1n) is 4.29. The third-order valence-corrected chi connectivity index (χ3v) is 3.29. The van der Waals surface area contributed by atoms with Crippen molar-refractivity contribution in [3.8, 4) is 12.3 Å². The van der Waals surface area contributed by atoms with Crippen LogP contribution in [0.2, 0.25) is 5.02 Å². The van der Waals surface area contributed by atoms with Gasteiger partial charge in [-0.3, -0.25) is 0 Å². The Kier molecular flexibility index (Phi) is 4.47. The van der Waals surface area contributed by atoms with Gasteiger partial charge in [-0.25, -0.2) is 0 Å². The van der Waals surface area contributed by atoms with Crippen LogP contribution in [0, 0.1) is 12.3 Å². The molecule has 1 nitrogen and oxygen atoms in total. The van der Waals surface area contributed by atoms with Crippen molar-refractivity contribution in [2.24, 2.45) is 5.73 Å². The summed E-state index contributed by atoms with van der Waals surface area (Å²) < 4.78 is 0.868. The fraction of sp³-hybridized carbons (Fsp3) is 0.273. The number of benzene rings is 1. The average molecular weight is 273 g/mol.